The van der Waals surface area contributed by atoms with E-state index < -0.39 is 0 Å². The van der Waals surface area contributed by atoms with Gasteiger partial charge in [-0.25, -0.2) is 14.4 Å². The molecule has 0 aliphatic heterocycles. The van der Waals surface area contributed by atoms with Crippen LogP contribution in [-0.2, 0) is 0 Å². The van der Waals surface area contributed by atoms with Crippen LogP contribution < -0.4 is 10.1 Å². The van der Waals surface area contributed by atoms with Crippen molar-refractivity contribution in [3.05, 3.63) is 66.7 Å². The average Bonchev–Trinajstić information content (AvgIpc) is 2.73. The lowest BCUT2D eigenvalue weighted by Crippen LogP contribution is -2.00. The van der Waals surface area contributed by atoms with Crippen LogP contribution in [0.5, 0.6) is 5.75 Å². The van der Waals surface area contributed by atoms with Crippen LogP contribution in [0.15, 0.2) is 60.9 Å². The maximum absolute atomic E-state index is 14.8. The van der Waals surface area contributed by atoms with Crippen LogP contribution >= 0.6 is 0 Å². The van der Waals surface area contributed by atoms with E-state index in [2.05, 4.69) is 20.3 Å². The van der Waals surface area contributed by atoms with Gasteiger partial charge in [-0.05, 0) is 42.0 Å². The minimum absolute atomic E-state index is 0.332. The maximum atomic E-state index is 14.8. The molecule has 2 aromatic heterocycles. The van der Waals surface area contributed by atoms with Crippen LogP contribution in [0.4, 0.5) is 10.2 Å². The van der Waals surface area contributed by atoms with Gasteiger partial charge < -0.3 is 10.1 Å². The van der Waals surface area contributed by atoms with Crippen LogP contribution in [0.3, 0.4) is 0 Å². The van der Waals surface area contributed by atoms with E-state index in [-0.39, 0.29) is 5.82 Å². The van der Waals surface area contributed by atoms with Crippen molar-refractivity contribution in [2.75, 3.05) is 19.5 Å². The fourth-order valence-electron chi connectivity index (χ4n) is 2.96. The summed E-state index contributed by atoms with van der Waals surface area (Å²) in [7, 11) is 3.35. The normalized spacial score (nSPS) is 10.8. The number of nitrogens with zero attached hydrogens (tertiary/aromatic N) is 3. The van der Waals surface area contributed by atoms with Crippen molar-refractivity contribution in [2.24, 2.45) is 0 Å². The number of anilines is 1. The summed E-state index contributed by atoms with van der Waals surface area (Å²) < 4.78 is 20.0. The third-order valence-corrected chi connectivity index (χ3v) is 4.34. The molecule has 6 heteroatoms. The van der Waals surface area contributed by atoms with Gasteiger partial charge in [0.2, 0.25) is 0 Å². The molecule has 0 unspecified atom stereocenters. The van der Waals surface area contributed by atoms with Crippen LogP contribution in [0.25, 0.3) is 33.4 Å². The summed E-state index contributed by atoms with van der Waals surface area (Å²) in [5.41, 5.74) is 2.68. The Balaban J connectivity index is 1.91. The summed E-state index contributed by atoms with van der Waals surface area (Å²) in [6.45, 7) is 0. The van der Waals surface area contributed by atoms with Gasteiger partial charge in [0.15, 0.2) is 5.82 Å². The van der Waals surface area contributed by atoms with Gasteiger partial charge in [-0.2, -0.15) is 0 Å². The van der Waals surface area contributed by atoms with Crippen molar-refractivity contribution >= 4 is 16.7 Å². The highest BCUT2D eigenvalue weighted by atomic mass is 19.1. The number of halogens is 1. The Labute approximate surface area is 155 Å². The van der Waals surface area contributed by atoms with E-state index in [9.17, 15) is 4.39 Å². The van der Waals surface area contributed by atoms with E-state index in [1.807, 2.05) is 24.3 Å². The first-order valence-electron chi connectivity index (χ1n) is 8.43. The molecule has 2 aromatic carbocycles. The highest BCUT2D eigenvalue weighted by Gasteiger charge is 2.14. The Bertz CT molecular complexity index is 1100. The molecule has 27 heavy (non-hydrogen) atoms. The Kier molecular flexibility index (Phi) is 4.38. The SMILES string of the molecule is CNc1nc(-c2cccnc2)nc2cc(-c3ccc(OC)cc3)c(F)cc12. The lowest BCUT2D eigenvalue weighted by Gasteiger charge is -2.11. The molecule has 0 amide bonds. The molecule has 1 N–H and O–H groups in total. The van der Waals surface area contributed by atoms with Gasteiger partial charge in [-0.3, -0.25) is 4.98 Å². The average molecular weight is 360 g/mol. The van der Waals surface area contributed by atoms with Gasteiger partial charge in [-0.15, -0.1) is 0 Å². The number of hydrogen-bond acceptors (Lipinski definition) is 5. The minimum Gasteiger partial charge on any atom is -0.497 e. The second kappa shape index (κ2) is 6.99. The fraction of sp³-hybridized carbons (Fsp3) is 0.0952. The van der Waals surface area contributed by atoms with Crippen molar-refractivity contribution in [3.63, 3.8) is 0 Å². The van der Waals surface area contributed by atoms with E-state index in [0.717, 1.165) is 16.9 Å². The summed E-state index contributed by atoms with van der Waals surface area (Å²) in [5, 5.41) is 3.65. The predicted molar refractivity (Wildman–Crippen MR) is 104 cm³/mol. The van der Waals surface area contributed by atoms with Gasteiger partial charge in [0.25, 0.3) is 0 Å². The van der Waals surface area contributed by atoms with E-state index in [0.29, 0.717) is 28.1 Å². The zero-order valence-electron chi connectivity index (χ0n) is 14.9. The summed E-state index contributed by atoms with van der Waals surface area (Å²) in [4.78, 5) is 13.3. The molecule has 0 saturated heterocycles. The third kappa shape index (κ3) is 3.17. The van der Waals surface area contributed by atoms with Crippen LogP contribution in [-0.4, -0.2) is 29.1 Å². The Morgan fingerprint density at radius 3 is 2.48 bits per heavy atom. The van der Waals surface area contributed by atoms with Crippen LogP contribution in [0.1, 0.15) is 0 Å². The molecule has 0 saturated carbocycles. The number of pyridine rings is 1. The molecule has 0 bridgehead atoms. The number of nitrogens with one attached hydrogen (secondary N) is 1. The summed E-state index contributed by atoms with van der Waals surface area (Å²) in [6, 6.07) is 14.2. The molecular weight excluding hydrogens is 343 g/mol. The number of benzene rings is 2. The molecule has 2 heterocycles. The van der Waals surface area contributed by atoms with Gasteiger partial charge in [0, 0.05) is 36.0 Å². The van der Waals surface area contributed by atoms with Gasteiger partial charge >= 0.3 is 0 Å². The third-order valence-electron chi connectivity index (χ3n) is 4.34. The first kappa shape index (κ1) is 16.9. The van der Waals surface area contributed by atoms with E-state index >= 15 is 0 Å². The lowest BCUT2D eigenvalue weighted by atomic mass is 10.0. The molecule has 134 valence electrons. The Morgan fingerprint density at radius 2 is 1.81 bits per heavy atom. The standard InChI is InChI=1S/C21H17FN4O/c1-23-21-17-10-18(22)16(13-5-7-15(27-2)8-6-13)11-19(17)25-20(26-21)14-4-3-9-24-12-14/h3-12H,1-2H3,(H,23,25,26). The number of aromatic nitrogens is 3. The van der Waals surface area contributed by atoms with Crippen molar-refractivity contribution in [1.82, 2.24) is 15.0 Å². The molecule has 0 atom stereocenters. The van der Waals surface area contributed by atoms with Crippen molar-refractivity contribution in [2.45, 2.75) is 0 Å². The second-order valence-corrected chi connectivity index (χ2v) is 5.97. The lowest BCUT2D eigenvalue weighted by molar-refractivity contribution is 0.415. The van der Waals surface area contributed by atoms with E-state index in [1.54, 1.807) is 44.8 Å². The minimum atomic E-state index is -0.332. The molecule has 0 aliphatic carbocycles. The first-order valence-corrected chi connectivity index (χ1v) is 8.43. The Morgan fingerprint density at radius 1 is 1.00 bits per heavy atom. The topological polar surface area (TPSA) is 59.9 Å². The van der Waals surface area contributed by atoms with Crippen molar-refractivity contribution < 1.29 is 9.13 Å². The summed E-state index contributed by atoms with van der Waals surface area (Å²) >= 11 is 0. The zero-order valence-corrected chi connectivity index (χ0v) is 14.9. The second-order valence-electron chi connectivity index (χ2n) is 5.97. The van der Waals surface area contributed by atoms with Crippen molar-refractivity contribution in [1.29, 1.82) is 0 Å². The summed E-state index contributed by atoms with van der Waals surface area (Å²) in [5.74, 6) is 1.49. The van der Waals surface area contributed by atoms with E-state index in [1.165, 1.54) is 6.07 Å². The maximum Gasteiger partial charge on any atom is 0.163 e. The summed E-state index contributed by atoms with van der Waals surface area (Å²) in [6.07, 6.45) is 3.40. The number of fused-ring (bicyclic) bond motifs is 1. The van der Waals surface area contributed by atoms with Gasteiger partial charge in [0.1, 0.15) is 17.4 Å². The number of rotatable bonds is 4. The monoisotopic (exact) mass is 360 g/mol. The Hall–Kier alpha value is -3.54. The molecule has 0 spiro atoms. The van der Waals surface area contributed by atoms with Crippen LogP contribution in [0, 0.1) is 5.82 Å². The zero-order chi connectivity index (χ0) is 18.8. The van der Waals surface area contributed by atoms with Gasteiger partial charge in [0.05, 0.1) is 12.6 Å². The number of methoxy groups -OCH3 is 1. The molecule has 4 rings (SSSR count). The molecule has 0 radical (unpaired) electrons. The molecular formula is C21H17FN4O. The first-order chi connectivity index (χ1) is 13.2. The molecule has 5 nitrogen and oxygen atoms in total. The quantitative estimate of drug-likeness (QED) is 0.579. The highest BCUT2D eigenvalue weighted by Crippen LogP contribution is 2.32. The van der Waals surface area contributed by atoms with Crippen LogP contribution in [0.2, 0.25) is 0 Å². The smallest absolute Gasteiger partial charge is 0.163 e. The van der Waals surface area contributed by atoms with Crippen molar-refractivity contribution in [3.8, 4) is 28.3 Å². The molecule has 0 aliphatic rings. The fourth-order valence-corrected chi connectivity index (χ4v) is 2.96. The highest BCUT2D eigenvalue weighted by molar-refractivity contribution is 5.93. The largest absolute Gasteiger partial charge is 0.497 e. The van der Waals surface area contributed by atoms with Gasteiger partial charge in [-0.1, -0.05) is 12.1 Å². The number of hydrogen-bond donors (Lipinski definition) is 1. The van der Waals surface area contributed by atoms with E-state index in [4.69, 9.17) is 4.74 Å². The molecule has 0 fully saturated rings. The predicted octanol–water partition coefficient (Wildman–Crippen LogP) is 4.55. The molecule has 4 aromatic rings. The number of ether oxygens (including phenoxy) is 1.